The van der Waals surface area contributed by atoms with E-state index in [0.29, 0.717) is 0 Å². The third-order valence-electron chi connectivity index (χ3n) is 5.53. The summed E-state index contributed by atoms with van der Waals surface area (Å²) in [6, 6.07) is 0. The van der Waals surface area contributed by atoms with Crippen LogP contribution in [0.4, 0.5) is 0 Å². The van der Waals surface area contributed by atoms with Crippen LogP contribution in [-0.2, 0) is 11.1 Å². The van der Waals surface area contributed by atoms with E-state index in [1.165, 1.54) is 5.69 Å². The molecule has 1 aromatic rings. The van der Waals surface area contributed by atoms with Crippen molar-refractivity contribution in [1.29, 1.82) is 0 Å². The smallest absolute Gasteiger partial charge is 0.106 e. The molecule has 1 aromatic heterocycles. The van der Waals surface area contributed by atoms with Crippen molar-refractivity contribution in [3.8, 4) is 0 Å². The molecule has 102 valence electrons. The number of fused-ring (bicyclic) bond motifs is 1. The van der Waals surface area contributed by atoms with Crippen LogP contribution in [0.25, 0.3) is 0 Å². The SMILES string of the molecule is Cc1nc(C)n2c1C(C)(C)N(C)C(C)(C)C2(C)C. The number of rotatable bonds is 0. The summed E-state index contributed by atoms with van der Waals surface area (Å²) in [6.45, 7) is 18.1. The Hall–Kier alpha value is -0.830. The van der Waals surface area contributed by atoms with Crippen molar-refractivity contribution < 1.29 is 0 Å². The topological polar surface area (TPSA) is 21.1 Å². The first-order valence-corrected chi connectivity index (χ1v) is 6.76. The minimum atomic E-state index is 0.00433. The quantitative estimate of drug-likeness (QED) is 0.704. The standard InChI is InChI=1S/C15H27N3/c1-10-12-13(3,4)17(9)14(5,6)15(7,8)18(12)11(2)16-10/h1-9H3. The van der Waals surface area contributed by atoms with Gasteiger partial charge in [-0.3, -0.25) is 4.90 Å². The molecule has 2 rings (SSSR count). The second-order valence-electron chi connectivity index (χ2n) is 7.16. The molecule has 1 aliphatic rings. The first-order chi connectivity index (χ1) is 7.95. The van der Waals surface area contributed by atoms with Crippen molar-refractivity contribution in [3.05, 3.63) is 17.2 Å². The van der Waals surface area contributed by atoms with Gasteiger partial charge in [0.2, 0.25) is 0 Å². The van der Waals surface area contributed by atoms with E-state index in [4.69, 9.17) is 4.98 Å². The number of likely N-dealkylation sites (N-methyl/N-ethyl adjacent to an activating group) is 1. The van der Waals surface area contributed by atoms with Crippen molar-refractivity contribution >= 4 is 0 Å². The molecule has 0 saturated carbocycles. The van der Waals surface area contributed by atoms with Crippen LogP contribution in [-0.4, -0.2) is 27.0 Å². The first-order valence-electron chi connectivity index (χ1n) is 6.76. The van der Waals surface area contributed by atoms with Crippen LogP contribution in [0.2, 0.25) is 0 Å². The Labute approximate surface area is 111 Å². The maximum Gasteiger partial charge on any atom is 0.106 e. The van der Waals surface area contributed by atoms with Gasteiger partial charge in [0.1, 0.15) is 5.82 Å². The van der Waals surface area contributed by atoms with E-state index < -0.39 is 0 Å². The highest BCUT2D eigenvalue weighted by atomic mass is 15.4. The molecule has 0 unspecified atom stereocenters. The van der Waals surface area contributed by atoms with E-state index >= 15 is 0 Å². The van der Waals surface area contributed by atoms with Gasteiger partial charge >= 0.3 is 0 Å². The molecule has 0 spiro atoms. The second-order valence-corrected chi connectivity index (χ2v) is 7.16. The van der Waals surface area contributed by atoms with Crippen molar-refractivity contribution in [2.75, 3.05) is 7.05 Å². The predicted molar refractivity (Wildman–Crippen MR) is 75.9 cm³/mol. The van der Waals surface area contributed by atoms with Crippen molar-refractivity contribution in [2.45, 2.75) is 72.0 Å². The Balaban J connectivity index is 2.87. The molecular formula is C15H27N3. The summed E-state index contributed by atoms with van der Waals surface area (Å²) in [4.78, 5) is 7.21. The van der Waals surface area contributed by atoms with Gasteiger partial charge in [-0.2, -0.15) is 0 Å². The Kier molecular flexibility index (Phi) is 2.56. The Morgan fingerprint density at radius 2 is 1.39 bits per heavy atom. The number of hydrogen-bond donors (Lipinski definition) is 0. The van der Waals surface area contributed by atoms with Gasteiger partial charge in [-0.15, -0.1) is 0 Å². The summed E-state index contributed by atoms with van der Waals surface area (Å²) in [5.74, 6) is 1.13. The van der Waals surface area contributed by atoms with E-state index in [1.807, 2.05) is 0 Å². The van der Waals surface area contributed by atoms with E-state index in [0.717, 1.165) is 11.5 Å². The van der Waals surface area contributed by atoms with Gasteiger partial charge in [-0.05, 0) is 62.4 Å². The fourth-order valence-corrected chi connectivity index (χ4v) is 3.61. The minimum Gasteiger partial charge on any atom is -0.323 e. The summed E-state index contributed by atoms with van der Waals surface area (Å²) in [7, 11) is 2.23. The molecule has 0 radical (unpaired) electrons. The van der Waals surface area contributed by atoms with Gasteiger partial charge in [0.25, 0.3) is 0 Å². The lowest BCUT2D eigenvalue weighted by Crippen LogP contribution is -2.67. The number of imidazole rings is 1. The zero-order valence-electron chi connectivity index (χ0n) is 13.3. The number of nitrogens with zero attached hydrogens (tertiary/aromatic N) is 3. The number of hydrogen-bond acceptors (Lipinski definition) is 2. The lowest BCUT2D eigenvalue weighted by Gasteiger charge is -2.60. The lowest BCUT2D eigenvalue weighted by atomic mass is 9.73. The summed E-state index contributed by atoms with van der Waals surface area (Å²) < 4.78 is 2.45. The van der Waals surface area contributed by atoms with Gasteiger partial charge in [0, 0.05) is 5.54 Å². The fraction of sp³-hybridized carbons (Fsp3) is 0.800. The van der Waals surface area contributed by atoms with Crippen LogP contribution in [0.3, 0.4) is 0 Å². The van der Waals surface area contributed by atoms with E-state index in [2.05, 4.69) is 71.9 Å². The van der Waals surface area contributed by atoms with Crippen LogP contribution in [0.5, 0.6) is 0 Å². The Bertz CT molecular complexity index is 492. The van der Waals surface area contributed by atoms with E-state index in [-0.39, 0.29) is 16.6 Å². The zero-order valence-corrected chi connectivity index (χ0v) is 13.3. The summed E-state index contributed by atoms with van der Waals surface area (Å²) in [5, 5.41) is 0. The van der Waals surface area contributed by atoms with Crippen LogP contribution < -0.4 is 0 Å². The van der Waals surface area contributed by atoms with E-state index in [1.54, 1.807) is 0 Å². The number of aromatic nitrogens is 2. The summed E-state index contributed by atoms with van der Waals surface area (Å²) >= 11 is 0. The molecular weight excluding hydrogens is 222 g/mol. The van der Waals surface area contributed by atoms with Gasteiger partial charge < -0.3 is 4.57 Å². The molecule has 3 heteroatoms. The highest BCUT2D eigenvalue weighted by molar-refractivity contribution is 5.31. The van der Waals surface area contributed by atoms with Crippen molar-refractivity contribution in [1.82, 2.24) is 14.5 Å². The largest absolute Gasteiger partial charge is 0.323 e. The molecule has 0 saturated heterocycles. The summed E-state index contributed by atoms with van der Waals surface area (Å²) in [6.07, 6.45) is 0. The van der Waals surface area contributed by atoms with E-state index in [9.17, 15) is 0 Å². The maximum atomic E-state index is 4.72. The average molecular weight is 249 g/mol. The fourth-order valence-electron chi connectivity index (χ4n) is 3.61. The van der Waals surface area contributed by atoms with Gasteiger partial charge in [-0.1, -0.05) is 0 Å². The minimum absolute atomic E-state index is 0.00433. The van der Waals surface area contributed by atoms with Crippen LogP contribution in [0, 0.1) is 13.8 Å². The molecule has 0 fully saturated rings. The number of aryl methyl sites for hydroxylation is 2. The molecule has 2 heterocycles. The van der Waals surface area contributed by atoms with Gasteiger partial charge in [0.15, 0.2) is 0 Å². The molecule has 0 aromatic carbocycles. The monoisotopic (exact) mass is 249 g/mol. The second kappa shape index (κ2) is 3.38. The summed E-state index contributed by atoms with van der Waals surface area (Å²) in [5.41, 5.74) is 2.61. The first kappa shape index (κ1) is 13.6. The molecule has 0 atom stereocenters. The van der Waals surface area contributed by atoms with Crippen molar-refractivity contribution in [2.24, 2.45) is 0 Å². The predicted octanol–water partition coefficient (Wildman–Crippen LogP) is 3.19. The highest BCUT2D eigenvalue weighted by Crippen LogP contribution is 2.48. The zero-order chi connectivity index (χ0) is 14.1. The molecule has 0 N–H and O–H groups in total. The van der Waals surface area contributed by atoms with Crippen molar-refractivity contribution in [3.63, 3.8) is 0 Å². The molecule has 0 amide bonds. The lowest BCUT2D eigenvalue weighted by molar-refractivity contribution is -0.0667. The van der Waals surface area contributed by atoms with Crippen LogP contribution in [0.15, 0.2) is 0 Å². The molecule has 0 bridgehead atoms. The maximum absolute atomic E-state index is 4.72. The average Bonchev–Trinajstić information content (AvgIpc) is 2.51. The van der Waals surface area contributed by atoms with Gasteiger partial charge in [0.05, 0.1) is 22.5 Å². The van der Waals surface area contributed by atoms with Crippen LogP contribution in [0.1, 0.15) is 58.8 Å². The molecule has 18 heavy (non-hydrogen) atoms. The molecule has 0 aliphatic carbocycles. The Morgan fingerprint density at radius 3 is 1.89 bits per heavy atom. The normalized spacial score (nSPS) is 24.9. The molecule has 3 nitrogen and oxygen atoms in total. The van der Waals surface area contributed by atoms with Gasteiger partial charge in [-0.25, -0.2) is 4.98 Å². The third kappa shape index (κ3) is 1.31. The molecule has 1 aliphatic heterocycles. The third-order valence-corrected chi connectivity index (χ3v) is 5.53. The van der Waals surface area contributed by atoms with Crippen LogP contribution >= 0.6 is 0 Å². The highest BCUT2D eigenvalue weighted by Gasteiger charge is 2.54. The Morgan fingerprint density at radius 1 is 0.889 bits per heavy atom.